The van der Waals surface area contributed by atoms with Crippen molar-refractivity contribution in [3.05, 3.63) is 29.8 Å². The molecule has 10 heteroatoms. The van der Waals surface area contributed by atoms with E-state index >= 15 is 0 Å². The van der Waals surface area contributed by atoms with Gasteiger partial charge in [-0.3, -0.25) is 4.79 Å². The molecule has 1 aromatic rings. The number of benzene rings is 1. The quantitative estimate of drug-likeness (QED) is 0.567. The van der Waals surface area contributed by atoms with Gasteiger partial charge in [-0.25, -0.2) is 13.2 Å². The van der Waals surface area contributed by atoms with Gasteiger partial charge < -0.3 is 20.8 Å². The summed E-state index contributed by atoms with van der Waals surface area (Å²) in [5, 5.41) is 9.85. The van der Waals surface area contributed by atoms with E-state index in [9.17, 15) is 18.0 Å². The summed E-state index contributed by atoms with van der Waals surface area (Å²) in [6, 6.07) is 6.65. The number of carbonyl (C=O) groups is 2. The SMILES string of the molecule is CC[C@H](C)NC(=O)O[C@@H]1CC[C@H](C2CC(NC(=O)Cc3ccccc3S(C)(=O)=O)=NN2)C1. The number of nitrogens with zero attached hydrogens (tertiary/aromatic N) is 1. The fourth-order valence-corrected chi connectivity index (χ4v) is 5.08. The van der Waals surface area contributed by atoms with Crippen LogP contribution in [0, 0.1) is 5.92 Å². The van der Waals surface area contributed by atoms with E-state index < -0.39 is 9.84 Å². The molecule has 3 N–H and O–H groups in total. The Morgan fingerprint density at radius 3 is 2.75 bits per heavy atom. The number of hydrazone groups is 1. The highest BCUT2D eigenvalue weighted by molar-refractivity contribution is 7.90. The minimum Gasteiger partial charge on any atom is -0.446 e. The summed E-state index contributed by atoms with van der Waals surface area (Å²) in [5.74, 6) is 0.521. The third-order valence-electron chi connectivity index (χ3n) is 6.03. The third kappa shape index (κ3) is 6.44. The van der Waals surface area contributed by atoms with Gasteiger partial charge >= 0.3 is 6.09 Å². The van der Waals surface area contributed by atoms with Gasteiger partial charge in [0.2, 0.25) is 5.91 Å². The second-order valence-electron chi connectivity index (χ2n) is 8.66. The molecule has 3 rings (SSSR count). The molecule has 1 fully saturated rings. The maximum absolute atomic E-state index is 12.5. The van der Waals surface area contributed by atoms with Crippen LogP contribution in [0.25, 0.3) is 0 Å². The van der Waals surface area contributed by atoms with Crippen molar-refractivity contribution in [2.24, 2.45) is 11.0 Å². The van der Waals surface area contributed by atoms with Gasteiger partial charge in [-0.15, -0.1) is 0 Å². The van der Waals surface area contributed by atoms with Crippen LogP contribution in [-0.4, -0.2) is 50.7 Å². The number of amides is 2. The van der Waals surface area contributed by atoms with Crippen molar-refractivity contribution in [3.63, 3.8) is 0 Å². The third-order valence-corrected chi connectivity index (χ3v) is 7.23. The van der Waals surface area contributed by atoms with Crippen molar-refractivity contribution >= 4 is 27.7 Å². The van der Waals surface area contributed by atoms with Gasteiger partial charge in [0.1, 0.15) is 11.9 Å². The first-order valence-electron chi connectivity index (χ1n) is 11.0. The number of hydrogen-bond donors (Lipinski definition) is 3. The van der Waals surface area contributed by atoms with E-state index in [0.717, 1.165) is 31.9 Å². The number of amidine groups is 1. The van der Waals surface area contributed by atoms with Gasteiger partial charge in [0.25, 0.3) is 0 Å². The Labute approximate surface area is 189 Å². The molecule has 0 saturated heterocycles. The molecule has 1 aliphatic carbocycles. The lowest BCUT2D eigenvalue weighted by atomic mass is 9.96. The molecule has 4 atom stereocenters. The van der Waals surface area contributed by atoms with E-state index in [-0.39, 0.29) is 41.5 Å². The minimum absolute atomic E-state index is 0.0441. The molecule has 1 aliphatic heterocycles. The Hall–Kier alpha value is -2.62. The van der Waals surface area contributed by atoms with Gasteiger partial charge in [0.15, 0.2) is 9.84 Å². The summed E-state index contributed by atoms with van der Waals surface area (Å²) in [6.45, 7) is 3.94. The number of rotatable bonds is 7. The van der Waals surface area contributed by atoms with Crippen LogP contribution >= 0.6 is 0 Å². The van der Waals surface area contributed by atoms with Crippen LogP contribution in [0.4, 0.5) is 4.79 Å². The highest BCUT2D eigenvalue weighted by atomic mass is 32.2. The first-order valence-corrected chi connectivity index (χ1v) is 12.9. The molecule has 2 amide bonds. The van der Waals surface area contributed by atoms with Gasteiger partial charge in [-0.2, -0.15) is 5.10 Å². The predicted octanol–water partition coefficient (Wildman–Crippen LogP) is 2.12. The number of sulfone groups is 1. The van der Waals surface area contributed by atoms with Crippen LogP contribution in [0.1, 0.15) is 51.5 Å². The van der Waals surface area contributed by atoms with Crippen LogP contribution in [0.15, 0.2) is 34.3 Å². The minimum atomic E-state index is -3.41. The monoisotopic (exact) mass is 464 g/mol. The largest absolute Gasteiger partial charge is 0.446 e. The highest BCUT2D eigenvalue weighted by Crippen LogP contribution is 2.32. The molecule has 0 bridgehead atoms. The van der Waals surface area contributed by atoms with Crippen molar-refractivity contribution < 1.29 is 22.7 Å². The van der Waals surface area contributed by atoms with E-state index in [1.807, 2.05) is 13.8 Å². The van der Waals surface area contributed by atoms with Crippen molar-refractivity contribution in [1.29, 1.82) is 0 Å². The average molecular weight is 465 g/mol. The Balaban J connectivity index is 1.46. The molecular weight excluding hydrogens is 432 g/mol. The van der Waals surface area contributed by atoms with Crippen LogP contribution < -0.4 is 16.1 Å². The smallest absolute Gasteiger partial charge is 0.407 e. The fourth-order valence-electron chi connectivity index (χ4n) is 4.14. The zero-order valence-corrected chi connectivity index (χ0v) is 19.6. The molecule has 1 aromatic carbocycles. The lowest BCUT2D eigenvalue weighted by Crippen LogP contribution is -2.35. The molecule has 0 radical (unpaired) electrons. The summed E-state index contributed by atoms with van der Waals surface area (Å²) in [5.41, 5.74) is 3.55. The zero-order valence-electron chi connectivity index (χ0n) is 18.8. The summed E-state index contributed by atoms with van der Waals surface area (Å²) in [7, 11) is -3.41. The lowest BCUT2D eigenvalue weighted by molar-refractivity contribution is -0.119. The Morgan fingerprint density at radius 2 is 2.03 bits per heavy atom. The zero-order chi connectivity index (χ0) is 23.3. The van der Waals surface area contributed by atoms with Gasteiger partial charge in [-0.05, 0) is 50.2 Å². The maximum Gasteiger partial charge on any atom is 0.407 e. The van der Waals surface area contributed by atoms with E-state index in [1.54, 1.807) is 18.2 Å². The molecule has 1 heterocycles. The molecule has 176 valence electrons. The molecular formula is C22H32N4O5S. The molecule has 0 spiro atoms. The van der Waals surface area contributed by atoms with E-state index in [4.69, 9.17) is 4.74 Å². The highest BCUT2D eigenvalue weighted by Gasteiger charge is 2.36. The topological polar surface area (TPSA) is 126 Å². The van der Waals surface area contributed by atoms with Crippen LogP contribution in [0.5, 0.6) is 0 Å². The Kier molecular flexibility index (Phi) is 7.76. The van der Waals surface area contributed by atoms with E-state index in [0.29, 0.717) is 23.7 Å². The second kappa shape index (κ2) is 10.3. The number of nitrogens with one attached hydrogen (secondary N) is 3. The Morgan fingerprint density at radius 1 is 1.28 bits per heavy atom. The van der Waals surface area contributed by atoms with Gasteiger partial charge in [0.05, 0.1) is 17.4 Å². The average Bonchev–Trinajstić information content (AvgIpc) is 3.36. The maximum atomic E-state index is 12.5. The second-order valence-corrected chi connectivity index (χ2v) is 10.6. The molecule has 9 nitrogen and oxygen atoms in total. The first kappa shape index (κ1) is 24.0. The van der Waals surface area contributed by atoms with Crippen molar-refractivity contribution in [2.75, 3.05) is 6.26 Å². The molecule has 1 unspecified atom stereocenters. The number of ether oxygens (including phenoxy) is 1. The van der Waals surface area contributed by atoms with Crippen molar-refractivity contribution in [3.8, 4) is 0 Å². The van der Waals surface area contributed by atoms with E-state index in [1.165, 1.54) is 6.07 Å². The normalized spacial score (nSPS) is 23.7. The summed E-state index contributed by atoms with van der Waals surface area (Å²) < 4.78 is 29.4. The number of hydrogen-bond acceptors (Lipinski definition) is 7. The number of alkyl carbamates (subject to hydrolysis) is 1. The molecule has 1 saturated carbocycles. The van der Waals surface area contributed by atoms with E-state index in [2.05, 4.69) is 21.2 Å². The van der Waals surface area contributed by atoms with Gasteiger partial charge in [-0.1, -0.05) is 25.1 Å². The number of carbonyl (C=O) groups excluding carboxylic acids is 2. The molecule has 32 heavy (non-hydrogen) atoms. The predicted molar refractivity (Wildman–Crippen MR) is 121 cm³/mol. The summed E-state index contributed by atoms with van der Waals surface area (Å²) in [6.07, 6.45) is 4.49. The van der Waals surface area contributed by atoms with Crippen molar-refractivity contribution in [1.82, 2.24) is 16.1 Å². The molecule has 0 aromatic heterocycles. The first-order chi connectivity index (χ1) is 15.2. The van der Waals surface area contributed by atoms with Crippen LogP contribution in [0.3, 0.4) is 0 Å². The Bertz CT molecular complexity index is 978. The fraction of sp³-hybridized carbons (Fsp3) is 0.591. The summed E-state index contributed by atoms with van der Waals surface area (Å²) >= 11 is 0. The standard InChI is InChI=1S/C22H32N4O5S/c1-4-14(2)23-22(28)31-17-10-9-15(11-17)18-13-20(26-25-18)24-21(27)12-16-7-5-6-8-19(16)32(3,29)30/h5-8,14-15,17-18,25H,4,9-13H2,1-3H3,(H,23,28)(H,24,26,27)/t14-,15-,17+,18?/m0/s1. The molecule has 2 aliphatic rings. The van der Waals surface area contributed by atoms with Crippen LogP contribution in [0.2, 0.25) is 0 Å². The van der Waals surface area contributed by atoms with Crippen LogP contribution in [-0.2, 0) is 25.8 Å². The summed E-state index contributed by atoms with van der Waals surface area (Å²) in [4.78, 5) is 24.6. The van der Waals surface area contributed by atoms with Gasteiger partial charge in [0, 0.05) is 18.7 Å². The van der Waals surface area contributed by atoms with Crippen molar-refractivity contribution in [2.45, 2.75) is 75.5 Å². The lowest BCUT2D eigenvalue weighted by Gasteiger charge is -2.19.